The van der Waals surface area contributed by atoms with Crippen LogP contribution in [0.15, 0.2) is 42.5 Å². The summed E-state index contributed by atoms with van der Waals surface area (Å²) in [5.74, 6) is -0.281. The van der Waals surface area contributed by atoms with E-state index in [-0.39, 0.29) is 11.7 Å². The van der Waals surface area contributed by atoms with Gasteiger partial charge >= 0.3 is 0 Å². The Labute approximate surface area is 148 Å². The molecule has 0 saturated heterocycles. The Morgan fingerprint density at radius 2 is 1.60 bits per heavy atom. The van der Waals surface area contributed by atoms with Gasteiger partial charge in [-0.05, 0) is 60.1 Å². The Balaban J connectivity index is 1.60. The van der Waals surface area contributed by atoms with Crippen LogP contribution in [0.25, 0.3) is 0 Å². The van der Waals surface area contributed by atoms with E-state index in [9.17, 15) is 13.2 Å². The van der Waals surface area contributed by atoms with Gasteiger partial charge in [0.25, 0.3) is 5.91 Å². The van der Waals surface area contributed by atoms with Crippen LogP contribution in [0, 0.1) is 0 Å². The van der Waals surface area contributed by atoms with E-state index in [2.05, 4.69) is 11.4 Å². The maximum Gasteiger partial charge on any atom is 0.251 e. The van der Waals surface area contributed by atoms with Gasteiger partial charge in [0.05, 0.1) is 5.75 Å². The molecule has 132 valence electrons. The van der Waals surface area contributed by atoms with E-state index in [0.717, 1.165) is 18.4 Å². The van der Waals surface area contributed by atoms with Crippen molar-refractivity contribution in [2.45, 2.75) is 38.0 Å². The van der Waals surface area contributed by atoms with E-state index in [4.69, 9.17) is 5.14 Å². The number of nitrogens with two attached hydrogens (primary N) is 1. The highest BCUT2D eigenvalue weighted by atomic mass is 32.2. The van der Waals surface area contributed by atoms with Crippen molar-refractivity contribution in [1.29, 1.82) is 0 Å². The summed E-state index contributed by atoms with van der Waals surface area (Å²) < 4.78 is 22.2. The van der Waals surface area contributed by atoms with Crippen LogP contribution in [-0.4, -0.2) is 14.3 Å². The van der Waals surface area contributed by atoms with Gasteiger partial charge in [-0.3, -0.25) is 4.79 Å². The molecule has 0 saturated carbocycles. The highest BCUT2D eigenvalue weighted by molar-refractivity contribution is 7.88. The van der Waals surface area contributed by atoms with Gasteiger partial charge in [0, 0.05) is 12.1 Å². The highest BCUT2D eigenvalue weighted by Crippen LogP contribution is 2.22. The van der Waals surface area contributed by atoms with Crippen molar-refractivity contribution >= 4 is 15.9 Å². The normalized spacial score (nSPS) is 14.0. The summed E-state index contributed by atoms with van der Waals surface area (Å²) in [6.45, 7) is 0.394. The average molecular weight is 358 g/mol. The summed E-state index contributed by atoms with van der Waals surface area (Å²) in [4.78, 5) is 12.4. The molecule has 0 heterocycles. The third-order valence-corrected chi connectivity index (χ3v) is 5.19. The lowest BCUT2D eigenvalue weighted by Gasteiger charge is -2.16. The molecule has 0 radical (unpaired) electrons. The lowest BCUT2D eigenvalue weighted by atomic mass is 9.90. The largest absolute Gasteiger partial charge is 0.348 e. The van der Waals surface area contributed by atoms with Crippen LogP contribution < -0.4 is 10.5 Å². The Morgan fingerprint density at radius 3 is 2.28 bits per heavy atom. The monoisotopic (exact) mass is 358 g/mol. The smallest absolute Gasteiger partial charge is 0.251 e. The number of fused-ring (bicyclic) bond motifs is 1. The number of carbonyl (C=O) groups is 1. The van der Waals surface area contributed by atoms with Gasteiger partial charge in [-0.2, -0.15) is 0 Å². The second kappa shape index (κ2) is 7.37. The number of hydrogen-bond donors (Lipinski definition) is 2. The molecule has 0 spiro atoms. The first-order valence-electron chi connectivity index (χ1n) is 8.39. The summed E-state index contributed by atoms with van der Waals surface area (Å²) >= 11 is 0. The summed E-state index contributed by atoms with van der Waals surface area (Å²) in [7, 11) is -3.53. The maximum atomic E-state index is 12.4. The van der Waals surface area contributed by atoms with Crippen LogP contribution in [-0.2, 0) is 35.2 Å². The Morgan fingerprint density at radius 1 is 0.960 bits per heavy atom. The van der Waals surface area contributed by atoms with Crippen molar-refractivity contribution in [3.63, 3.8) is 0 Å². The van der Waals surface area contributed by atoms with Crippen molar-refractivity contribution in [3.05, 3.63) is 70.3 Å². The summed E-state index contributed by atoms with van der Waals surface area (Å²) in [6, 6.07) is 13.0. The van der Waals surface area contributed by atoms with E-state index in [0.29, 0.717) is 17.7 Å². The van der Waals surface area contributed by atoms with Crippen molar-refractivity contribution in [2.75, 3.05) is 0 Å². The minimum absolute atomic E-state index is 0.0954. The number of hydrogen-bond acceptors (Lipinski definition) is 3. The third-order valence-electron chi connectivity index (χ3n) is 4.45. The predicted molar refractivity (Wildman–Crippen MR) is 97.5 cm³/mol. The zero-order chi connectivity index (χ0) is 17.9. The predicted octanol–water partition coefficient (Wildman–Crippen LogP) is 2.28. The summed E-state index contributed by atoms with van der Waals surface area (Å²) in [6.07, 6.45) is 4.55. The molecule has 2 aromatic rings. The first-order chi connectivity index (χ1) is 11.9. The quantitative estimate of drug-likeness (QED) is 0.859. The number of rotatable bonds is 5. The number of amides is 1. The van der Waals surface area contributed by atoms with E-state index in [1.807, 2.05) is 12.1 Å². The molecule has 3 rings (SSSR count). The van der Waals surface area contributed by atoms with Gasteiger partial charge in [0.2, 0.25) is 10.0 Å². The molecule has 5 nitrogen and oxygen atoms in total. The second-order valence-corrected chi connectivity index (χ2v) is 8.11. The fourth-order valence-electron chi connectivity index (χ4n) is 3.14. The standard InChI is InChI=1S/C19H22N2O3S/c20-25(23,24)13-15-7-5-14(6-8-15)12-21-19(22)18-10-9-16-3-1-2-4-17(16)11-18/h5-11H,1-4,12-13H2,(H,21,22)(H2,20,23,24). The molecule has 0 fully saturated rings. The fourth-order valence-corrected chi connectivity index (χ4v) is 3.80. The number of carbonyl (C=O) groups excluding carboxylic acids is 1. The SMILES string of the molecule is NS(=O)(=O)Cc1ccc(CNC(=O)c2ccc3c(c2)CCCC3)cc1. The van der Waals surface area contributed by atoms with Crippen molar-refractivity contribution in [2.24, 2.45) is 5.14 Å². The molecule has 1 aliphatic rings. The van der Waals surface area contributed by atoms with Crippen LogP contribution in [0.3, 0.4) is 0 Å². The van der Waals surface area contributed by atoms with Gasteiger partial charge in [-0.1, -0.05) is 30.3 Å². The first-order valence-corrected chi connectivity index (χ1v) is 10.1. The average Bonchev–Trinajstić information content (AvgIpc) is 2.59. The van der Waals surface area contributed by atoms with Gasteiger partial charge in [0.15, 0.2) is 0 Å². The van der Waals surface area contributed by atoms with Gasteiger partial charge < -0.3 is 5.32 Å². The number of benzene rings is 2. The lowest BCUT2D eigenvalue weighted by Crippen LogP contribution is -2.23. The van der Waals surface area contributed by atoms with E-state index >= 15 is 0 Å². The number of aryl methyl sites for hydroxylation is 2. The Hall–Kier alpha value is -2.18. The third kappa shape index (κ3) is 4.90. The number of nitrogens with one attached hydrogen (secondary N) is 1. The molecular weight excluding hydrogens is 336 g/mol. The highest BCUT2D eigenvalue weighted by Gasteiger charge is 2.13. The molecule has 25 heavy (non-hydrogen) atoms. The minimum atomic E-state index is -3.53. The van der Waals surface area contributed by atoms with Crippen molar-refractivity contribution in [1.82, 2.24) is 5.32 Å². The molecule has 0 atom stereocenters. The van der Waals surface area contributed by atoms with E-state index in [1.54, 1.807) is 24.3 Å². The van der Waals surface area contributed by atoms with Crippen LogP contribution in [0.4, 0.5) is 0 Å². The van der Waals surface area contributed by atoms with Crippen LogP contribution in [0.2, 0.25) is 0 Å². The van der Waals surface area contributed by atoms with Crippen molar-refractivity contribution < 1.29 is 13.2 Å². The first kappa shape index (κ1) is 17.6. The molecule has 0 aromatic heterocycles. The molecule has 1 aliphatic carbocycles. The van der Waals surface area contributed by atoms with Gasteiger partial charge in [-0.15, -0.1) is 0 Å². The zero-order valence-corrected chi connectivity index (χ0v) is 14.8. The summed E-state index contributed by atoms with van der Waals surface area (Å²) in [5.41, 5.74) is 4.86. The van der Waals surface area contributed by atoms with E-state index < -0.39 is 10.0 Å². The minimum Gasteiger partial charge on any atom is -0.348 e. The molecule has 1 amide bonds. The van der Waals surface area contributed by atoms with Crippen molar-refractivity contribution in [3.8, 4) is 0 Å². The Bertz CT molecular complexity index is 874. The second-order valence-electron chi connectivity index (χ2n) is 6.50. The topological polar surface area (TPSA) is 89.3 Å². The van der Waals surface area contributed by atoms with Crippen LogP contribution >= 0.6 is 0 Å². The van der Waals surface area contributed by atoms with Crippen LogP contribution in [0.1, 0.15) is 45.5 Å². The molecule has 0 bridgehead atoms. The zero-order valence-electron chi connectivity index (χ0n) is 14.0. The Kier molecular flexibility index (Phi) is 5.20. The van der Waals surface area contributed by atoms with E-state index in [1.165, 1.54) is 24.0 Å². The van der Waals surface area contributed by atoms with Gasteiger partial charge in [0.1, 0.15) is 0 Å². The molecule has 2 aromatic carbocycles. The number of primary sulfonamides is 1. The van der Waals surface area contributed by atoms with Crippen LogP contribution in [0.5, 0.6) is 0 Å². The maximum absolute atomic E-state index is 12.4. The summed E-state index contributed by atoms with van der Waals surface area (Å²) in [5, 5.41) is 7.94. The molecule has 3 N–H and O–H groups in total. The molecule has 0 aliphatic heterocycles. The van der Waals surface area contributed by atoms with Gasteiger partial charge in [-0.25, -0.2) is 13.6 Å². The molecular formula is C19H22N2O3S. The lowest BCUT2D eigenvalue weighted by molar-refractivity contribution is 0.0950. The fraction of sp³-hybridized carbons (Fsp3) is 0.316. The number of sulfonamides is 1. The molecule has 6 heteroatoms. The molecule has 0 unspecified atom stereocenters.